The zero-order valence-corrected chi connectivity index (χ0v) is 24.0. The summed E-state index contributed by atoms with van der Waals surface area (Å²) in [7, 11) is 0. The van der Waals surface area contributed by atoms with Crippen molar-refractivity contribution in [3.63, 3.8) is 0 Å². The topological polar surface area (TPSA) is 84.7 Å². The first-order chi connectivity index (χ1) is 20.0. The first-order valence-electron chi connectivity index (χ1n) is 14.9. The number of ether oxygens (including phenoxy) is 1. The van der Waals surface area contributed by atoms with Crippen LogP contribution in [0.2, 0.25) is 0 Å². The maximum atomic E-state index is 13.2. The van der Waals surface area contributed by atoms with Gasteiger partial charge in [-0.3, -0.25) is 4.90 Å². The zero-order chi connectivity index (χ0) is 28.8. The fourth-order valence-corrected chi connectivity index (χ4v) is 5.90. The number of anilines is 1. The van der Waals surface area contributed by atoms with Crippen LogP contribution in [0.1, 0.15) is 80.5 Å². The molecule has 4 aromatic rings. The van der Waals surface area contributed by atoms with Gasteiger partial charge in [0, 0.05) is 24.7 Å². The molecule has 0 atom stereocenters. The lowest BCUT2D eigenvalue weighted by Gasteiger charge is -2.33. The van der Waals surface area contributed by atoms with Gasteiger partial charge in [0.05, 0.1) is 23.2 Å². The number of hydrogen-bond donors (Lipinski definition) is 1. The van der Waals surface area contributed by atoms with Crippen molar-refractivity contribution in [2.24, 2.45) is 0 Å². The summed E-state index contributed by atoms with van der Waals surface area (Å²) in [5.41, 5.74) is 5.73. The van der Waals surface area contributed by atoms with E-state index in [1.807, 2.05) is 48.2 Å². The maximum Gasteiger partial charge on any atom is 0.414 e. The van der Waals surface area contributed by atoms with E-state index in [2.05, 4.69) is 29.7 Å². The number of aromatic carboxylic acids is 1. The van der Waals surface area contributed by atoms with Gasteiger partial charge in [-0.15, -0.1) is 0 Å². The maximum absolute atomic E-state index is 13.2. The number of nitrogens with zero attached hydrogens (tertiary/aromatic N) is 3. The molecule has 1 amide bonds. The van der Waals surface area contributed by atoms with E-state index < -0.39 is 5.97 Å². The molecule has 1 heterocycles. The zero-order valence-electron chi connectivity index (χ0n) is 24.0. The standard InChI is InChI=1S/C34H39N3O4/c1-3-5-15-32-35-30-21-20-27(37(34(40)41-4-2)26-11-7-6-8-12-26)22-31(30)36(32)23-24-16-18-25(19-17-24)28-13-9-10-14-29(28)33(38)39/h9-10,13-14,16-22,26H,3-8,11-12,15,23H2,1-2H3,(H,38,39). The average Bonchev–Trinajstić information content (AvgIpc) is 3.33. The molecule has 5 rings (SSSR count). The van der Waals surface area contributed by atoms with Crippen molar-refractivity contribution in [1.29, 1.82) is 0 Å². The predicted molar refractivity (Wildman–Crippen MR) is 163 cm³/mol. The van der Waals surface area contributed by atoms with E-state index in [4.69, 9.17) is 9.72 Å². The van der Waals surface area contributed by atoms with Crippen LogP contribution >= 0.6 is 0 Å². The Kier molecular flexibility index (Phi) is 9.02. The smallest absolute Gasteiger partial charge is 0.414 e. The molecule has 1 N–H and O–H groups in total. The van der Waals surface area contributed by atoms with Gasteiger partial charge in [-0.1, -0.05) is 75.1 Å². The van der Waals surface area contributed by atoms with Crippen molar-refractivity contribution in [2.75, 3.05) is 11.5 Å². The number of imidazole rings is 1. The normalized spacial score (nSPS) is 13.8. The molecule has 7 nitrogen and oxygen atoms in total. The highest BCUT2D eigenvalue weighted by molar-refractivity contribution is 5.96. The van der Waals surface area contributed by atoms with Crippen molar-refractivity contribution < 1.29 is 19.4 Å². The Hall–Kier alpha value is -4.13. The number of carbonyl (C=O) groups is 2. The molecule has 0 spiro atoms. The second-order valence-corrected chi connectivity index (χ2v) is 10.8. The van der Waals surface area contributed by atoms with Crippen LogP contribution in [0.25, 0.3) is 22.2 Å². The van der Waals surface area contributed by atoms with Crippen molar-refractivity contribution in [3.8, 4) is 11.1 Å². The second-order valence-electron chi connectivity index (χ2n) is 10.8. The number of unbranched alkanes of at least 4 members (excludes halogenated alkanes) is 1. The van der Waals surface area contributed by atoms with Crippen molar-refractivity contribution >= 4 is 28.8 Å². The van der Waals surface area contributed by atoms with Gasteiger partial charge >= 0.3 is 12.1 Å². The van der Waals surface area contributed by atoms with Crippen LogP contribution in [-0.2, 0) is 17.7 Å². The number of aromatic nitrogens is 2. The third-order valence-electron chi connectivity index (χ3n) is 8.01. The van der Waals surface area contributed by atoms with Crippen LogP contribution in [0.3, 0.4) is 0 Å². The van der Waals surface area contributed by atoms with E-state index in [1.165, 1.54) is 6.42 Å². The van der Waals surface area contributed by atoms with Crippen LogP contribution in [0.5, 0.6) is 0 Å². The Morgan fingerprint density at radius 1 is 1.00 bits per heavy atom. The van der Waals surface area contributed by atoms with Gasteiger partial charge < -0.3 is 14.4 Å². The number of carboxylic acids is 1. The lowest BCUT2D eigenvalue weighted by atomic mass is 9.94. The minimum Gasteiger partial charge on any atom is -0.478 e. The minimum absolute atomic E-state index is 0.136. The van der Waals surface area contributed by atoms with Gasteiger partial charge in [-0.25, -0.2) is 14.6 Å². The SMILES string of the molecule is CCCCc1nc2ccc(N(C(=O)OCC)C3CCCCC3)cc2n1Cc1ccc(-c2ccccc2C(=O)O)cc1. The van der Waals surface area contributed by atoms with Crippen LogP contribution < -0.4 is 4.90 Å². The lowest BCUT2D eigenvalue weighted by molar-refractivity contribution is 0.0697. The molecule has 0 aliphatic heterocycles. The van der Waals surface area contributed by atoms with Crippen LogP contribution in [0.15, 0.2) is 66.7 Å². The highest BCUT2D eigenvalue weighted by atomic mass is 16.6. The number of amides is 1. The summed E-state index contributed by atoms with van der Waals surface area (Å²) in [6.07, 6.45) is 8.11. The summed E-state index contributed by atoms with van der Waals surface area (Å²) in [6.45, 7) is 5.00. The molecule has 1 aliphatic rings. The van der Waals surface area contributed by atoms with Crippen molar-refractivity contribution in [2.45, 2.75) is 77.8 Å². The summed E-state index contributed by atoms with van der Waals surface area (Å²) >= 11 is 0. The van der Waals surface area contributed by atoms with Crippen LogP contribution in [0.4, 0.5) is 10.5 Å². The average molecular weight is 554 g/mol. The highest BCUT2D eigenvalue weighted by Crippen LogP contribution is 2.32. The number of carbonyl (C=O) groups excluding carboxylic acids is 1. The molecule has 41 heavy (non-hydrogen) atoms. The fraction of sp³-hybridized carbons (Fsp3) is 0.382. The Morgan fingerprint density at radius 2 is 1.76 bits per heavy atom. The van der Waals surface area contributed by atoms with Crippen LogP contribution in [0, 0.1) is 0 Å². The molecule has 7 heteroatoms. The number of rotatable bonds is 10. The van der Waals surface area contributed by atoms with Crippen molar-refractivity contribution in [3.05, 3.63) is 83.7 Å². The first-order valence-corrected chi connectivity index (χ1v) is 14.9. The summed E-state index contributed by atoms with van der Waals surface area (Å²) < 4.78 is 7.77. The van der Waals surface area contributed by atoms with E-state index >= 15 is 0 Å². The minimum atomic E-state index is -0.934. The Labute approximate surface area is 241 Å². The Bertz CT molecular complexity index is 1500. The summed E-state index contributed by atoms with van der Waals surface area (Å²) in [4.78, 5) is 31.8. The Morgan fingerprint density at radius 3 is 2.46 bits per heavy atom. The summed E-state index contributed by atoms with van der Waals surface area (Å²) in [5, 5.41) is 9.62. The summed E-state index contributed by atoms with van der Waals surface area (Å²) in [5.74, 6) is 0.0932. The van der Waals surface area contributed by atoms with Gasteiger partial charge in [0.2, 0.25) is 0 Å². The molecule has 0 unspecified atom stereocenters. The third-order valence-corrected chi connectivity index (χ3v) is 8.01. The second kappa shape index (κ2) is 13.0. The van der Waals surface area contributed by atoms with E-state index in [1.54, 1.807) is 12.1 Å². The number of fused-ring (bicyclic) bond motifs is 1. The molecule has 1 saturated carbocycles. The molecule has 3 aromatic carbocycles. The van der Waals surface area contributed by atoms with Crippen LogP contribution in [-0.4, -0.2) is 39.4 Å². The number of carboxylic acid groups (broad SMARTS) is 1. The Balaban J connectivity index is 1.51. The van der Waals surface area contributed by atoms with Gasteiger partial charge in [0.25, 0.3) is 0 Å². The quantitative estimate of drug-likeness (QED) is 0.215. The van der Waals surface area contributed by atoms with E-state index in [-0.39, 0.29) is 12.1 Å². The molecule has 214 valence electrons. The van der Waals surface area contributed by atoms with Gasteiger partial charge in [-0.2, -0.15) is 0 Å². The molecule has 1 aliphatic carbocycles. The molecule has 0 bridgehead atoms. The highest BCUT2D eigenvalue weighted by Gasteiger charge is 2.28. The number of benzene rings is 3. The van der Waals surface area contributed by atoms with E-state index in [0.717, 1.165) is 78.6 Å². The monoisotopic (exact) mass is 553 g/mol. The van der Waals surface area contributed by atoms with Gasteiger partial charge in [-0.05, 0) is 67.1 Å². The number of aryl methyl sites for hydroxylation is 1. The molecular formula is C34H39N3O4. The fourth-order valence-electron chi connectivity index (χ4n) is 5.90. The van der Waals surface area contributed by atoms with Gasteiger partial charge in [0.15, 0.2) is 0 Å². The molecule has 0 saturated heterocycles. The molecule has 0 radical (unpaired) electrons. The summed E-state index contributed by atoms with van der Waals surface area (Å²) in [6, 6.07) is 21.4. The van der Waals surface area contributed by atoms with E-state index in [0.29, 0.717) is 24.3 Å². The molecular weight excluding hydrogens is 514 g/mol. The molecule has 1 aromatic heterocycles. The largest absolute Gasteiger partial charge is 0.478 e. The van der Waals surface area contributed by atoms with Crippen molar-refractivity contribution in [1.82, 2.24) is 9.55 Å². The number of hydrogen-bond acceptors (Lipinski definition) is 4. The predicted octanol–water partition coefficient (Wildman–Crippen LogP) is 8.09. The van der Waals surface area contributed by atoms with E-state index in [9.17, 15) is 14.7 Å². The first kappa shape index (κ1) is 28.4. The molecule has 1 fully saturated rings. The third kappa shape index (κ3) is 6.29. The van der Waals surface area contributed by atoms with Gasteiger partial charge in [0.1, 0.15) is 5.82 Å². The lowest BCUT2D eigenvalue weighted by Crippen LogP contribution is -2.42.